The highest BCUT2D eigenvalue weighted by Gasteiger charge is 2.21. The molecule has 1 aliphatic heterocycles. The summed E-state index contributed by atoms with van der Waals surface area (Å²) in [5, 5.41) is 2.83. The van der Waals surface area contributed by atoms with E-state index < -0.39 is 0 Å². The van der Waals surface area contributed by atoms with E-state index in [1.807, 2.05) is 0 Å². The maximum absolute atomic E-state index is 12.0. The zero-order valence-corrected chi connectivity index (χ0v) is 12.1. The van der Waals surface area contributed by atoms with Crippen LogP contribution in [0.2, 0.25) is 0 Å². The Morgan fingerprint density at radius 1 is 1.33 bits per heavy atom. The Morgan fingerprint density at radius 3 is 2.72 bits per heavy atom. The van der Waals surface area contributed by atoms with Crippen molar-refractivity contribution in [2.75, 3.05) is 6.54 Å². The summed E-state index contributed by atoms with van der Waals surface area (Å²) in [7, 11) is 0. The predicted molar refractivity (Wildman–Crippen MR) is 73.3 cm³/mol. The van der Waals surface area contributed by atoms with Gasteiger partial charge in [0, 0.05) is 25.3 Å². The number of rotatable bonds is 5. The number of hydrogen-bond donors (Lipinski definition) is 1. The summed E-state index contributed by atoms with van der Waals surface area (Å²) in [4.78, 5) is 23.2. The minimum atomic E-state index is 0.0612. The summed E-state index contributed by atoms with van der Waals surface area (Å²) in [6.07, 6.45) is 6.25. The van der Waals surface area contributed by atoms with Gasteiger partial charge in [0.25, 0.3) is 0 Å². The number of ketones is 1. The van der Waals surface area contributed by atoms with Crippen molar-refractivity contribution in [3.05, 3.63) is 0 Å². The van der Waals surface area contributed by atoms with E-state index in [0.29, 0.717) is 30.6 Å². The topological polar surface area (TPSA) is 46.2 Å². The van der Waals surface area contributed by atoms with Crippen LogP contribution in [0.4, 0.5) is 0 Å². The number of Topliss-reactive ketones (excluding diaryl/α,β-unsaturated/α-hetero) is 1. The van der Waals surface area contributed by atoms with E-state index in [0.717, 1.165) is 25.7 Å². The molecule has 0 spiro atoms. The summed E-state index contributed by atoms with van der Waals surface area (Å²) in [6, 6.07) is 0. The molecule has 1 N–H and O–H groups in total. The fraction of sp³-hybridized carbons (Fsp3) is 0.867. The quantitative estimate of drug-likeness (QED) is 0.765. The van der Waals surface area contributed by atoms with Gasteiger partial charge in [-0.25, -0.2) is 0 Å². The van der Waals surface area contributed by atoms with Gasteiger partial charge in [0.2, 0.25) is 5.91 Å². The van der Waals surface area contributed by atoms with E-state index in [9.17, 15) is 9.59 Å². The van der Waals surface area contributed by atoms with Crippen LogP contribution >= 0.6 is 0 Å². The van der Waals surface area contributed by atoms with Gasteiger partial charge in [-0.05, 0) is 31.1 Å². The van der Waals surface area contributed by atoms with Crippen molar-refractivity contribution in [3.8, 4) is 0 Å². The lowest BCUT2D eigenvalue weighted by molar-refractivity contribution is -0.123. The Hall–Kier alpha value is -0.860. The lowest BCUT2D eigenvalue weighted by Gasteiger charge is -2.18. The number of amides is 1. The van der Waals surface area contributed by atoms with Gasteiger partial charge in [-0.3, -0.25) is 9.59 Å². The molecule has 1 atom stereocenters. The molecule has 0 aromatic carbocycles. The Labute approximate surface area is 111 Å². The van der Waals surface area contributed by atoms with E-state index in [-0.39, 0.29) is 11.8 Å². The molecule has 1 aliphatic rings. The lowest BCUT2D eigenvalue weighted by atomic mass is 9.88. The summed E-state index contributed by atoms with van der Waals surface area (Å²) >= 11 is 0. The SMILES string of the molecule is CC(C)(C)CCCCC(=O)C1CCCC(=O)NC1. The Kier molecular flexibility index (Phi) is 5.83. The van der Waals surface area contributed by atoms with E-state index in [4.69, 9.17) is 0 Å². The maximum atomic E-state index is 12.0. The summed E-state index contributed by atoms with van der Waals surface area (Å²) in [5.41, 5.74) is 0.360. The minimum Gasteiger partial charge on any atom is -0.355 e. The third-order valence-corrected chi connectivity index (χ3v) is 3.56. The first kappa shape index (κ1) is 15.2. The van der Waals surface area contributed by atoms with E-state index in [2.05, 4.69) is 26.1 Å². The van der Waals surface area contributed by atoms with Crippen molar-refractivity contribution in [1.29, 1.82) is 0 Å². The van der Waals surface area contributed by atoms with Gasteiger partial charge in [0.05, 0.1) is 0 Å². The first-order chi connectivity index (χ1) is 8.38. The molecule has 0 aromatic heterocycles. The summed E-state index contributed by atoms with van der Waals surface area (Å²) in [5.74, 6) is 0.496. The third kappa shape index (κ3) is 6.18. The molecule has 0 radical (unpaired) electrons. The van der Waals surface area contributed by atoms with Crippen LogP contribution in [0.15, 0.2) is 0 Å². The molecular formula is C15H27NO2. The molecular weight excluding hydrogens is 226 g/mol. The number of unbranched alkanes of at least 4 members (excludes halogenated alkanes) is 1. The number of carbonyl (C=O) groups is 2. The average molecular weight is 253 g/mol. The van der Waals surface area contributed by atoms with Crippen LogP contribution < -0.4 is 5.32 Å². The second-order valence-corrected chi connectivity index (χ2v) is 6.63. The highest BCUT2D eigenvalue weighted by molar-refractivity contribution is 5.83. The smallest absolute Gasteiger partial charge is 0.220 e. The molecule has 1 amide bonds. The first-order valence-corrected chi connectivity index (χ1v) is 7.18. The fourth-order valence-electron chi connectivity index (χ4n) is 2.37. The Morgan fingerprint density at radius 2 is 2.06 bits per heavy atom. The van der Waals surface area contributed by atoms with Crippen molar-refractivity contribution < 1.29 is 9.59 Å². The van der Waals surface area contributed by atoms with Crippen LogP contribution in [0.3, 0.4) is 0 Å². The zero-order valence-electron chi connectivity index (χ0n) is 12.1. The van der Waals surface area contributed by atoms with Crippen LogP contribution in [0.5, 0.6) is 0 Å². The van der Waals surface area contributed by atoms with Crippen LogP contribution in [0, 0.1) is 11.3 Å². The summed E-state index contributed by atoms with van der Waals surface area (Å²) in [6.45, 7) is 7.25. The molecule has 0 bridgehead atoms. The van der Waals surface area contributed by atoms with Crippen LogP contribution in [-0.4, -0.2) is 18.2 Å². The van der Waals surface area contributed by atoms with Gasteiger partial charge in [-0.1, -0.05) is 27.2 Å². The highest BCUT2D eigenvalue weighted by atomic mass is 16.1. The molecule has 0 aromatic rings. The Balaban J connectivity index is 2.22. The molecule has 3 nitrogen and oxygen atoms in total. The zero-order chi connectivity index (χ0) is 13.6. The lowest BCUT2D eigenvalue weighted by Crippen LogP contribution is -2.29. The molecule has 1 rings (SSSR count). The van der Waals surface area contributed by atoms with Crippen molar-refractivity contribution in [2.24, 2.45) is 11.3 Å². The van der Waals surface area contributed by atoms with Crippen molar-refractivity contribution in [2.45, 2.75) is 65.7 Å². The molecule has 1 heterocycles. The molecule has 104 valence electrons. The highest BCUT2D eigenvalue weighted by Crippen LogP contribution is 2.23. The van der Waals surface area contributed by atoms with E-state index in [1.54, 1.807) is 0 Å². The summed E-state index contributed by atoms with van der Waals surface area (Å²) < 4.78 is 0. The van der Waals surface area contributed by atoms with Crippen LogP contribution in [0.25, 0.3) is 0 Å². The Bertz CT molecular complexity index is 291. The average Bonchev–Trinajstić information content (AvgIpc) is 2.48. The van der Waals surface area contributed by atoms with Gasteiger partial charge < -0.3 is 5.32 Å². The molecule has 3 heteroatoms. The molecule has 0 aliphatic carbocycles. The normalized spacial score (nSPS) is 21.3. The minimum absolute atomic E-state index is 0.0612. The van der Waals surface area contributed by atoms with Gasteiger partial charge in [0.1, 0.15) is 5.78 Å². The number of carbonyl (C=O) groups excluding carboxylic acids is 2. The fourth-order valence-corrected chi connectivity index (χ4v) is 2.37. The molecule has 0 saturated carbocycles. The van der Waals surface area contributed by atoms with Crippen LogP contribution in [0.1, 0.15) is 65.7 Å². The second kappa shape index (κ2) is 6.91. The number of nitrogens with one attached hydrogen (secondary N) is 1. The monoisotopic (exact) mass is 253 g/mol. The molecule has 1 fully saturated rings. The van der Waals surface area contributed by atoms with E-state index in [1.165, 1.54) is 6.42 Å². The van der Waals surface area contributed by atoms with Crippen molar-refractivity contribution in [1.82, 2.24) is 5.32 Å². The van der Waals surface area contributed by atoms with Crippen molar-refractivity contribution >= 4 is 11.7 Å². The predicted octanol–water partition coefficient (Wildman–Crippen LogP) is 3.08. The molecule has 1 saturated heterocycles. The van der Waals surface area contributed by atoms with Gasteiger partial charge >= 0.3 is 0 Å². The molecule has 1 unspecified atom stereocenters. The second-order valence-electron chi connectivity index (χ2n) is 6.63. The number of hydrogen-bond acceptors (Lipinski definition) is 2. The largest absolute Gasteiger partial charge is 0.355 e. The van der Waals surface area contributed by atoms with Gasteiger partial charge in [-0.2, -0.15) is 0 Å². The standard InChI is InChI=1S/C15H27NO2/c1-15(2,3)10-5-4-8-13(17)12-7-6-9-14(18)16-11-12/h12H,4-11H2,1-3H3,(H,16,18). The van der Waals surface area contributed by atoms with Gasteiger partial charge in [-0.15, -0.1) is 0 Å². The first-order valence-electron chi connectivity index (χ1n) is 7.18. The van der Waals surface area contributed by atoms with E-state index >= 15 is 0 Å². The maximum Gasteiger partial charge on any atom is 0.220 e. The van der Waals surface area contributed by atoms with Crippen molar-refractivity contribution in [3.63, 3.8) is 0 Å². The molecule has 18 heavy (non-hydrogen) atoms. The van der Waals surface area contributed by atoms with Gasteiger partial charge in [0.15, 0.2) is 0 Å². The van der Waals surface area contributed by atoms with Crippen LogP contribution in [-0.2, 0) is 9.59 Å². The third-order valence-electron chi connectivity index (χ3n) is 3.56.